The monoisotopic (exact) mass is 346 g/mol. The van der Waals surface area contributed by atoms with Gasteiger partial charge in [0, 0.05) is 0 Å². The summed E-state index contributed by atoms with van der Waals surface area (Å²) in [5.41, 5.74) is 0. The van der Waals surface area contributed by atoms with E-state index in [1.807, 2.05) is 0 Å². The Bertz CT molecular complexity index is 6.04. The molecule has 5 nitrogen and oxygen atoms in total. The first-order chi connectivity index (χ1) is 0. The van der Waals surface area contributed by atoms with Gasteiger partial charge in [-0.2, -0.15) is 0 Å². The van der Waals surface area contributed by atoms with Gasteiger partial charge in [0.15, 0.2) is 0 Å². The Hall–Kier alpha value is 1.26. The second-order valence-electron chi connectivity index (χ2n) is 0. The highest BCUT2D eigenvalue weighted by molar-refractivity contribution is 14.0. The van der Waals surface area contributed by atoms with Crippen molar-refractivity contribution in [3.8, 4) is 0 Å². The molecule has 10 N–H and O–H groups in total. The molecule has 0 aliphatic rings. The van der Waals surface area contributed by atoms with Crippen LogP contribution in [-0.4, -0.2) is 27.4 Å². The topological polar surface area (TPSA) is 158 Å². The maximum Gasteiger partial charge on any atom is -0.107 e. The molecule has 0 rings (SSSR count). The number of rotatable bonds is 0. The maximum absolute atomic E-state index is 0. The third-order valence-electron chi connectivity index (χ3n) is 0. The summed E-state index contributed by atoms with van der Waals surface area (Å²) in [5, 5.41) is 0. The fourth-order valence-electron chi connectivity index (χ4n) is 0. The highest BCUT2D eigenvalue weighted by Gasteiger charge is -0.106. The summed E-state index contributed by atoms with van der Waals surface area (Å²) in [5.74, 6) is 0. The SMILES string of the molecule is I.I.O.O.O.O.O. The first-order valence-electron chi connectivity index (χ1n) is 0. The van der Waals surface area contributed by atoms with Gasteiger partial charge < -0.3 is 27.4 Å². The molecule has 0 unspecified atom stereocenters. The summed E-state index contributed by atoms with van der Waals surface area (Å²) in [7, 11) is 0. The van der Waals surface area contributed by atoms with Gasteiger partial charge in [-0.25, -0.2) is 0 Å². The molecular formula is H12I2O5. The molecule has 0 saturated carbocycles. The number of hydrogen-bond donors (Lipinski definition) is 0. The molecule has 0 aliphatic heterocycles. The van der Waals surface area contributed by atoms with Crippen molar-refractivity contribution < 1.29 is 27.4 Å². The van der Waals surface area contributed by atoms with Crippen molar-refractivity contribution in [1.82, 2.24) is 0 Å². The molecule has 0 bridgehead atoms. The molecule has 0 amide bonds. The Morgan fingerprint density at radius 3 is 0.286 bits per heavy atom. The molecule has 0 spiro atoms. The van der Waals surface area contributed by atoms with Gasteiger partial charge in [-0.05, 0) is 0 Å². The molecule has 0 aliphatic carbocycles. The van der Waals surface area contributed by atoms with E-state index in [1.54, 1.807) is 0 Å². The van der Waals surface area contributed by atoms with Crippen LogP contribution in [0, 0.1) is 0 Å². The lowest BCUT2D eigenvalue weighted by Gasteiger charge is -0.413. The summed E-state index contributed by atoms with van der Waals surface area (Å²) in [6, 6.07) is 0. The summed E-state index contributed by atoms with van der Waals surface area (Å²) in [6.07, 6.45) is 0. The van der Waals surface area contributed by atoms with Crippen LogP contribution in [0.15, 0.2) is 0 Å². The zero-order chi connectivity index (χ0) is 0. The Morgan fingerprint density at radius 1 is 0.286 bits per heavy atom. The highest BCUT2D eigenvalue weighted by atomic mass is 127. The molecule has 0 atom stereocenters. The van der Waals surface area contributed by atoms with Gasteiger partial charge in [-0.3, -0.25) is 0 Å². The van der Waals surface area contributed by atoms with Crippen LogP contribution in [0.5, 0.6) is 0 Å². The number of hydrogen-bond acceptors (Lipinski definition) is 0. The minimum Gasteiger partial charge on any atom is -0.412 e. The summed E-state index contributed by atoms with van der Waals surface area (Å²) >= 11 is 0. The van der Waals surface area contributed by atoms with Crippen LogP contribution in [0.2, 0.25) is 0 Å². The van der Waals surface area contributed by atoms with Crippen molar-refractivity contribution in [3.05, 3.63) is 0 Å². The predicted octanol–water partition coefficient (Wildman–Crippen LogP) is -2.89. The Labute approximate surface area is 75.1 Å². The van der Waals surface area contributed by atoms with Crippen LogP contribution in [0.4, 0.5) is 0 Å². The molecule has 7 heavy (non-hydrogen) atoms. The lowest BCUT2D eigenvalue weighted by molar-refractivity contribution is 0.823. The van der Waals surface area contributed by atoms with E-state index in [1.165, 1.54) is 0 Å². The average molecular weight is 346 g/mol. The molecule has 0 saturated heterocycles. The maximum atomic E-state index is 0. The Kier molecular flexibility index (Phi) is 7020. The van der Waals surface area contributed by atoms with Crippen LogP contribution >= 0.6 is 48.0 Å². The van der Waals surface area contributed by atoms with E-state index in [0.717, 1.165) is 0 Å². The summed E-state index contributed by atoms with van der Waals surface area (Å²) < 4.78 is 0. The average Bonchev–Trinajstić information content (AvgIpc) is 0. The quantitative estimate of drug-likeness (QED) is 0.413. The highest BCUT2D eigenvalue weighted by Crippen LogP contribution is 0.887. The third-order valence-corrected chi connectivity index (χ3v) is 0. The molecular weight excluding hydrogens is 334 g/mol. The first-order valence-corrected chi connectivity index (χ1v) is 0. The zero-order valence-electron chi connectivity index (χ0n) is 3.32. The van der Waals surface area contributed by atoms with Gasteiger partial charge in [0.25, 0.3) is 0 Å². The van der Waals surface area contributed by atoms with Crippen LogP contribution in [0.1, 0.15) is 0 Å². The van der Waals surface area contributed by atoms with Crippen LogP contribution in [0.25, 0.3) is 0 Å². The zero-order valence-corrected chi connectivity index (χ0v) is 7.98. The van der Waals surface area contributed by atoms with Crippen molar-refractivity contribution >= 4 is 48.0 Å². The van der Waals surface area contributed by atoms with Gasteiger partial charge in [-0.1, -0.05) is 0 Å². The van der Waals surface area contributed by atoms with E-state index >= 15 is 0 Å². The Balaban J connectivity index is 0. The largest absolute Gasteiger partial charge is 0.412 e. The smallest absolute Gasteiger partial charge is 0.107 e. The fourth-order valence-corrected chi connectivity index (χ4v) is 0. The first kappa shape index (κ1) is 274. The third kappa shape index (κ3) is 127. The molecule has 0 fully saturated rings. The molecule has 7 heteroatoms. The molecule has 0 heterocycles. The fraction of sp³-hybridized carbons (Fsp3) is 0. The van der Waals surface area contributed by atoms with E-state index in [0.29, 0.717) is 0 Å². The van der Waals surface area contributed by atoms with E-state index < -0.39 is 0 Å². The van der Waals surface area contributed by atoms with E-state index in [-0.39, 0.29) is 75.3 Å². The normalized spacial score (nSPS) is 0. The minimum absolute atomic E-state index is 0. The van der Waals surface area contributed by atoms with E-state index in [4.69, 9.17) is 0 Å². The second kappa shape index (κ2) is 179. The number of halogens is 2. The Morgan fingerprint density at radius 2 is 0.286 bits per heavy atom. The molecule has 0 radical (unpaired) electrons. The van der Waals surface area contributed by atoms with Gasteiger partial charge in [0.1, 0.15) is 0 Å². The molecule has 56 valence electrons. The predicted molar refractivity (Wildman–Crippen MR) is 48.9 cm³/mol. The van der Waals surface area contributed by atoms with Gasteiger partial charge in [0.05, 0.1) is 0 Å². The van der Waals surface area contributed by atoms with Crippen molar-refractivity contribution in [2.45, 2.75) is 0 Å². The van der Waals surface area contributed by atoms with Crippen molar-refractivity contribution in [2.75, 3.05) is 0 Å². The van der Waals surface area contributed by atoms with Crippen LogP contribution < -0.4 is 0 Å². The van der Waals surface area contributed by atoms with Crippen molar-refractivity contribution in [3.63, 3.8) is 0 Å². The van der Waals surface area contributed by atoms with Crippen molar-refractivity contribution in [1.29, 1.82) is 0 Å². The van der Waals surface area contributed by atoms with Crippen LogP contribution in [0.3, 0.4) is 0 Å². The van der Waals surface area contributed by atoms with Gasteiger partial charge in [-0.15, -0.1) is 48.0 Å². The van der Waals surface area contributed by atoms with Gasteiger partial charge >= 0.3 is 0 Å². The lowest BCUT2D eigenvalue weighted by Crippen LogP contribution is -0.290. The van der Waals surface area contributed by atoms with Crippen LogP contribution in [-0.2, 0) is 0 Å². The van der Waals surface area contributed by atoms with E-state index in [2.05, 4.69) is 0 Å². The molecule has 0 aromatic carbocycles. The van der Waals surface area contributed by atoms with E-state index in [9.17, 15) is 0 Å². The van der Waals surface area contributed by atoms with Gasteiger partial charge in [0.2, 0.25) is 0 Å². The summed E-state index contributed by atoms with van der Waals surface area (Å²) in [4.78, 5) is 0. The summed E-state index contributed by atoms with van der Waals surface area (Å²) in [6.45, 7) is 0. The second-order valence-corrected chi connectivity index (χ2v) is 0. The molecule has 0 aromatic rings. The standard InChI is InChI=1S/2HI.5H2O/h2*1H;5*1H2. The molecule has 0 aromatic heterocycles. The van der Waals surface area contributed by atoms with Crippen molar-refractivity contribution in [2.24, 2.45) is 0 Å². The lowest BCUT2D eigenvalue weighted by atomic mass is 16.0. The minimum atomic E-state index is 0.